The molecule has 1 atom stereocenters. The first kappa shape index (κ1) is 25.0. The van der Waals surface area contributed by atoms with E-state index in [2.05, 4.69) is 11.9 Å². The van der Waals surface area contributed by atoms with E-state index < -0.39 is 18.2 Å². The molecule has 31 heavy (non-hydrogen) atoms. The second-order valence-corrected chi connectivity index (χ2v) is 6.36. The first-order valence-electron chi connectivity index (χ1n) is 9.26. The number of benzene rings is 2. The molecule has 0 aromatic heterocycles. The molecule has 0 saturated heterocycles. The Hall–Kier alpha value is -4.01. The average molecular weight is 431 g/mol. The monoisotopic (exact) mass is 431 g/mol. The molecule has 5 N–H and O–H groups in total. The number of phenolic OH excluding ortho intramolecular Hbond substituents is 2. The van der Waals surface area contributed by atoms with Gasteiger partial charge in [-0.1, -0.05) is 36.9 Å². The zero-order valence-electron chi connectivity index (χ0n) is 16.7. The van der Waals surface area contributed by atoms with Gasteiger partial charge < -0.3 is 30.5 Å². The second-order valence-electron chi connectivity index (χ2n) is 6.36. The number of aromatic hydroxyl groups is 2. The molecule has 0 aliphatic heterocycles. The Labute approximate surface area is 179 Å². The molecule has 0 aliphatic rings. The molecular weight excluding hydrogens is 406 g/mol. The fraction of sp³-hybridized carbons (Fsp3) is 0.227. The number of hydrogen-bond donors (Lipinski definition) is 5. The van der Waals surface area contributed by atoms with Crippen LogP contribution >= 0.6 is 0 Å². The van der Waals surface area contributed by atoms with Crippen molar-refractivity contribution in [1.82, 2.24) is 5.32 Å². The highest BCUT2D eigenvalue weighted by Crippen LogP contribution is 2.13. The summed E-state index contributed by atoms with van der Waals surface area (Å²) in [4.78, 5) is 33.1. The van der Waals surface area contributed by atoms with Crippen LogP contribution in [0.3, 0.4) is 0 Å². The van der Waals surface area contributed by atoms with Crippen molar-refractivity contribution < 1.29 is 39.5 Å². The molecule has 2 aromatic carbocycles. The summed E-state index contributed by atoms with van der Waals surface area (Å²) in [5.41, 5.74) is 1.69. The van der Waals surface area contributed by atoms with Crippen LogP contribution in [-0.2, 0) is 27.2 Å². The molecule has 0 radical (unpaired) electrons. The van der Waals surface area contributed by atoms with Gasteiger partial charge >= 0.3 is 12.1 Å². The normalized spacial score (nSPS) is 10.7. The first-order valence-corrected chi connectivity index (χ1v) is 9.26. The minimum Gasteiger partial charge on any atom is -0.508 e. The number of carboxylic acid groups (broad SMARTS) is 2. The molecular formula is C22H25NO8. The quantitative estimate of drug-likeness (QED) is 0.300. The van der Waals surface area contributed by atoms with Gasteiger partial charge in [0.2, 0.25) is 5.91 Å². The SMILES string of the molecule is C=CCOC(=O)C(Cc1ccc(O)cc1)NC(=O)CCc1ccc(O)cc1.O=C(O)O. The zero-order chi connectivity index (χ0) is 23.2. The van der Waals surface area contributed by atoms with Gasteiger partial charge in [-0.25, -0.2) is 9.59 Å². The van der Waals surface area contributed by atoms with E-state index in [0.29, 0.717) is 6.42 Å². The number of rotatable bonds is 9. The largest absolute Gasteiger partial charge is 0.508 e. The summed E-state index contributed by atoms with van der Waals surface area (Å²) >= 11 is 0. The van der Waals surface area contributed by atoms with Crippen molar-refractivity contribution in [2.75, 3.05) is 6.61 Å². The molecule has 2 aromatic rings. The Bertz CT molecular complexity index is 858. The van der Waals surface area contributed by atoms with Gasteiger partial charge in [0.05, 0.1) is 0 Å². The third-order valence-corrected chi connectivity index (χ3v) is 3.92. The number of nitrogens with one attached hydrogen (secondary N) is 1. The molecule has 2 rings (SSSR count). The molecule has 9 heteroatoms. The average Bonchev–Trinajstić information content (AvgIpc) is 2.72. The minimum atomic E-state index is -1.83. The van der Waals surface area contributed by atoms with E-state index in [9.17, 15) is 19.8 Å². The predicted molar refractivity (Wildman–Crippen MR) is 112 cm³/mol. The number of ether oxygens (including phenoxy) is 1. The Kier molecular flexibility index (Phi) is 10.7. The van der Waals surface area contributed by atoms with Crippen LogP contribution in [-0.4, -0.2) is 51.1 Å². The molecule has 0 heterocycles. The maximum atomic E-state index is 12.3. The minimum absolute atomic E-state index is 0.0638. The van der Waals surface area contributed by atoms with Gasteiger partial charge in [0.1, 0.15) is 24.1 Å². The van der Waals surface area contributed by atoms with Crippen LogP contribution in [0.1, 0.15) is 17.5 Å². The maximum absolute atomic E-state index is 12.3. The van der Waals surface area contributed by atoms with Crippen molar-refractivity contribution >= 4 is 18.0 Å². The van der Waals surface area contributed by atoms with Crippen molar-refractivity contribution in [2.45, 2.75) is 25.3 Å². The molecule has 1 amide bonds. The van der Waals surface area contributed by atoms with Gasteiger partial charge in [-0.15, -0.1) is 0 Å². The number of phenols is 2. The van der Waals surface area contributed by atoms with E-state index in [0.717, 1.165) is 11.1 Å². The Morgan fingerprint density at radius 1 is 0.935 bits per heavy atom. The summed E-state index contributed by atoms with van der Waals surface area (Å²) in [5, 5.41) is 35.3. The molecule has 0 saturated carbocycles. The van der Waals surface area contributed by atoms with Gasteiger partial charge in [-0.3, -0.25) is 4.79 Å². The van der Waals surface area contributed by atoms with Gasteiger partial charge in [-0.2, -0.15) is 0 Å². The summed E-state index contributed by atoms with van der Waals surface area (Å²) in [5.74, 6) is -0.520. The van der Waals surface area contributed by atoms with Crippen molar-refractivity contribution in [1.29, 1.82) is 0 Å². The molecule has 1 unspecified atom stereocenters. The topological polar surface area (TPSA) is 153 Å². The van der Waals surface area contributed by atoms with E-state index >= 15 is 0 Å². The van der Waals surface area contributed by atoms with Crippen molar-refractivity contribution in [3.63, 3.8) is 0 Å². The number of esters is 1. The lowest BCUT2D eigenvalue weighted by atomic mass is 10.0. The van der Waals surface area contributed by atoms with Crippen LogP contribution in [0.15, 0.2) is 61.2 Å². The van der Waals surface area contributed by atoms with Crippen LogP contribution in [0.2, 0.25) is 0 Å². The molecule has 166 valence electrons. The standard InChI is InChI=1S/C21H23NO5.CH2O3/c1-2-13-27-21(26)19(14-16-5-10-18(24)11-6-16)22-20(25)12-7-15-3-8-17(23)9-4-15;2-1(3)4/h2-6,8-11,19,23-24H,1,7,12-14H2,(H,22,25);(H2,2,3,4). The summed E-state index contributed by atoms with van der Waals surface area (Å²) in [6, 6.07) is 12.2. The lowest BCUT2D eigenvalue weighted by Gasteiger charge is -2.17. The third kappa shape index (κ3) is 10.9. The third-order valence-electron chi connectivity index (χ3n) is 3.92. The molecule has 0 bridgehead atoms. The van der Waals surface area contributed by atoms with Gasteiger partial charge in [0.15, 0.2) is 0 Å². The Morgan fingerprint density at radius 3 is 1.90 bits per heavy atom. The van der Waals surface area contributed by atoms with E-state index in [4.69, 9.17) is 19.7 Å². The number of carbonyl (C=O) groups excluding carboxylic acids is 2. The fourth-order valence-corrected chi connectivity index (χ4v) is 2.49. The lowest BCUT2D eigenvalue weighted by molar-refractivity contribution is -0.146. The van der Waals surface area contributed by atoms with Crippen LogP contribution < -0.4 is 5.32 Å². The van der Waals surface area contributed by atoms with E-state index in [-0.39, 0.29) is 36.9 Å². The predicted octanol–water partition coefficient (Wildman–Crippen LogP) is 2.71. The summed E-state index contributed by atoms with van der Waals surface area (Å²) in [7, 11) is 0. The van der Waals surface area contributed by atoms with Crippen LogP contribution in [0.5, 0.6) is 11.5 Å². The molecule has 0 aliphatic carbocycles. The summed E-state index contributed by atoms with van der Waals surface area (Å²) in [6.07, 6.45) is 0.564. The highest BCUT2D eigenvalue weighted by molar-refractivity contribution is 5.84. The van der Waals surface area contributed by atoms with Gasteiger partial charge in [-0.05, 0) is 41.8 Å². The summed E-state index contributed by atoms with van der Waals surface area (Å²) in [6.45, 7) is 3.57. The molecule has 0 fully saturated rings. The van der Waals surface area contributed by atoms with E-state index in [1.54, 1.807) is 36.4 Å². The van der Waals surface area contributed by atoms with Crippen LogP contribution in [0, 0.1) is 0 Å². The number of hydrogen-bond acceptors (Lipinski definition) is 6. The maximum Gasteiger partial charge on any atom is 0.503 e. The van der Waals surface area contributed by atoms with Crippen LogP contribution in [0.25, 0.3) is 0 Å². The summed E-state index contributed by atoms with van der Waals surface area (Å²) < 4.78 is 5.08. The van der Waals surface area contributed by atoms with Crippen molar-refractivity contribution in [3.05, 3.63) is 72.3 Å². The van der Waals surface area contributed by atoms with Gasteiger partial charge in [0.25, 0.3) is 0 Å². The Balaban J connectivity index is 0.00000110. The van der Waals surface area contributed by atoms with E-state index in [1.807, 2.05) is 0 Å². The highest BCUT2D eigenvalue weighted by atomic mass is 16.6. The smallest absolute Gasteiger partial charge is 0.503 e. The number of carbonyl (C=O) groups is 3. The highest BCUT2D eigenvalue weighted by Gasteiger charge is 2.22. The van der Waals surface area contributed by atoms with Gasteiger partial charge in [0, 0.05) is 12.8 Å². The van der Waals surface area contributed by atoms with Crippen LogP contribution in [0.4, 0.5) is 4.79 Å². The van der Waals surface area contributed by atoms with Crippen molar-refractivity contribution in [2.24, 2.45) is 0 Å². The second kappa shape index (κ2) is 13.3. The van der Waals surface area contributed by atoms with Crippen molar-refractivity contribution in [3.8, 4) is 11.5 Å². The number of amides is 1. The first-order chi connectivity index (χ1) is 14.7. The Morgan fingerprint density at radius 2 is 1.42 bits per heavy atom. The zero-order valence-corrected chi connectivity index (χ0v) is 16.7. The lowest BCUT2D eigenvalue weighted by Crippen LogP contribution is -2.43. The fourth-order valence-electron chi connectivity index (χ4n) is 2.49. The number of aryl methyl sites for hydroxylation is 1. The van der Waals surface area contributed by atoms with E-state index in [1.165, 1.54) is 18.2 Å². The molecule has 9 nitrogen and oxygen atoms in total. The molecule has 0 spiro atoms.